The Morgan fingerprint density at radius 1 is 1.36 bits per heavy atom. The van der Waals surface area contributed by atoms with Crippen molar-refractivity contribution < 1.29 is 0 Å². The Kier molecular flexibility index (Phi) is 2.53. The third kappa shape index (κ3) is 1.65. The van der Waals surface area contributed by atoms with Gasteiger partial charge in [-0.15, -0.1) is 6.42 Å². The van der Waals surface area contributed by atoms with Crippen molar-refractivity contribution in [2.45, 2.75) is 12.1 Å². The molecule has 1 fully saturated rings. The zero-order chi connectivity index (χ0) is 9.97. The number of hydrogen-bond acceptors (Lipinski definition) is 2. The first-order valence-corrected chi connectivity index (χ1v) is 4.82. The SMILES string of the molecule is C#CC(c1ccccc1)N1CC(N)C1. The fourth-order valence-corrected chi connectivity index (χ4v) is 1.81. The molecule has 1 aliphatic rings. The lowest BCUT2D eigenvalue weighted by Crippen LogP contribution is -2.56. The van der Waals surface area contributed by atoms with Gasteiger partial charge in [0.2, 0.25) is 0 Å². The molecule has 1 aromatic rings. The van der Waals surface area contributed by atoms with Crippen LogP contribution < -0.4 is 5.73 Å². The molecule has 1 unspecified atom stereocenters. The lowest BCUT2D eigenvalue weighted by atomic mass is 10.0. The maximum atomic E-state index is 5.73. The minimum absolute atomic E-state index is 0.0935. The Balaban J connectivity index is 2.12. The average molecular weight is 186 g/mol. The second kappa shape index (κ2) is 3.83. The third-order valence-corrected chi connectivity index (χ3v) is 2.58. The van der Waals surface area contributed by atoms with E-state index in [0.717, 1.165) is 13.1 Å². The monoisotopic (exact) mass is 186 g/mol. The van der Waals surface area contributed by atoms with E-state index < -0.39 is 0 Å². The fraction of sp³-hybridized carbons (Fsp3) is 0.333. The molecule has 1 heterocycles. The Bertz CT molecular complexity index is 333. The summed E-state index contributed by atoms with van der Waals surface area (Å²) >= 11 is 0. The second-order valence-corrected chi connectivity index (χ2v) is 3.69. The molecule has 2 N–H and O–H groups in total. The highest BCUT2D eigenvalue weighted by Gasteiger charge is 2.29. The zero-order valence-corrected chi connectivity index (χ0v) is 8.06. The van der Waals surface area contributed by atoms with Crippen LogP contribution in [-0.2, 0) is 0 Å². The summed E-state index contributed by atoms with van der Waals surface area (Å²) in [6, 6.07) is 10.5. The fourth-order valence-electron chi connectivity index (χ4n) is 1.81. The summed E-state index contributed by atoms with van der Waals surface area (Å²) in [4.78, 5) is 2.22. The first kappa shape index (κ1) is 9.26. The van der Waals surface area contributed by atoms with Crippen LogP contribution in [0.1, 0.15) is 11.6 Å². The van der Waals surface area contributed by atoms with Gasteiger partial charge in [-0.3, -0.25) is 4.90 Å². The molecule has 0 bridgehead atoms. The molecule has 72 valence electrons. The van der Waals surface area contributed by atoms with Gasteiger partial charge < -0.3 is 5.73 Å². The molecule has 1 atom stereocenters. The minimum atomic E-state index is 0.0935. The number of rotatable bonds is 2. The normalized spacial score (nSPS) is 19.7. The summed E-state index contributed by atoms with van der Waals surface area (Å²) in [7, 11) is 0. The molecule has 0 saturated carbocycles. The van der Waals surface area contributed by atoms with Crippen LogP contribution in [0.2, 0.25) is 0 Å². The second-order valence-electron chi connectivity index (χ2n) is 3.69. The van der Waals surface area contributed by atoms with Crippen LogP contribution in [0, 0.1) is 12.3 Å². The first-order chi connectivity index (χ1) is 6.81. The van der Waals surface area contributed by atoms with E-state index in [2.05, 4.69) is 23.0 Å². The maximum Gasteiger partial charge on any atom is 0.0969 e. The predicted molar refractivity (Wildman–Crippen MR) is 57.6 cm³/mol. The highest BCUT2D eigenvalue weighted by molar-refractivity contribution is 5.26. The van der Waals surface area contributed by atoms with E-state index in [1.165, 1.54) is 5.56 Å². The van der Waals surface area contributed by atoms with Gasteiger partial charge in [0.25, 0.3) is 0 Å². The predicted octanol–water partition coefficient (Wildman–Crippen LogP) is 1.00. The Labute approximate surface area is 84.7 Å². The van der Waals surface area contributed by atoms with Crippen molar-refractivity contribution in [1.82, 2.24) is 4.90 Å². The summed E-state index contributed by atoms with van der Waals surface area (Å²) < 4.78 is 0. The number of benzene rings is 1. The van der Waals surface area contributed by atoms with Crippen LogP contribution in [0.25, 0.3) is 0 Å². The molecule has 1 aliphatic heterocycles. The lowest BCUT2D eigenvalue weighted by Gasteiger charge is -2.40. The van der Waals surface area contributed by atoms with E-state index in [0.29, 0.717) is 6.04 Å². The van der Waals surface area contributed by atoms with Gasteiger partial charge in [-0.05, 0) is 5.56 Å². The van der Waals surface area contributed by atoms with Gasteiger partial charge in [-0.2, -0.15) is 0 Å². The Morgan fingerprint density at radius 3 is 2.50 bits per heavy atom. The number of nitrogens with two attached hydrogens (primary N) is 1. The standard InChI is InChI=1S/C12H14N2/c1-2-12(14-8-11(13)9-14)10-6-4-3-5-7-10/h1,3-7,11-12H,8-9,13H2. The van der Waals surface area contributed by atoms with Crippen molar-refractivity contribution in [3.05, 3.63) is 35.9 Å². The quantitative estimate of drug-likeness (QED) is 0.698. The third-order valence-electron chi connectivity index (χ3n) is 2.58. The van der Waals surface area contributed by atoms with E-state index in [4.69, 9.17) is 12.2 Å². The van der Waals surface area contributed by atoms with Crippen molar-refractivity contribution in [2.75, 3.05) is 13.1 Å². The van der Waals surface area contributed by atoms with Gasteiger partial charge in [-0.25, -0.2) is 0 Å². The average Bonchev–Trinajstić information content (AvgIpc) is 2.18. The van der Waals surface area contributed by atoms with Gasteiger partial charge in [0.15, 0.2) is 0 Å². The molecule has 0 amide bonds. The largest absolute Gasteiger partial charge is 0.325 e. The smallest absolute Gasteiger partial charge is 0.0969 e. The summed E-state index contributed by atoms with van der Waals surface area (Å²) in [5, 5.41) is 0. The summed E-state index contributed by atoms with van der Waals surface area (Å²) in [6.07, 6.45) is 5.53. The van der Waals surface area contributed by atoms with E-state index >= 15 is 0 Å². The zero-order valence-electron chi connectivity index (χ0n) is 8.06. The van der Waals surface area contributed by atoms with E-state index in [-0.39, 0.29) is 6.04 Å². The lowest BCUT2D eigenvalue weighted by molar-refractivity contribution is 0.122. The van der Waals surface area contributed by atoms with Crippen LogP contribution in [0.3, 0.4) is 0 Å². The molecule has 0 radical (unpaired) electrons. The van der Waals surface area contributed by atoms with E-state index in [1.807, 2.05) is 18.2 Å². The molecule has 1 saturated heterocycles. The van der Waals surface area contributed by atoms with Gasteiger partial charge >= 0.3 is 0 Å². The molecule has 0 aliphatic carbocycles. The van der Waals surface area contributed by atoms with Gasteiger partial charge in [0.05, 0.1) is 6.04 Å². The molecule has 0 spiro atoms. The van der Waals surface area contributed by atoms with Crippen LogP contribution in [0.5, 0.6) is 0 Å². The van der Waals surface area contributed by atoms with Crippen LogP contribution >= 0.6 is 0 Å². The molecule has 2 rings (SSSR count). The Morgan fingerprint density at radius 2 is 2.00 bits per heavy atom. The van der Waals surface area contributed by atoms with Crippen molar-refractivity contribution in [1.29, 1.82) is 0 Å². The van der Waals surface area contributed by atoms with Gasteiger partial charge in [-0.1, -0.05) is 36.3 Å². The van der Waals surface area contributed by atoms with Crippen molar-refractivity contribution in [3.63, 3.8) is 0 Å². The molecule has 2 heteroatoms. The Hall–Kier alpha value is -1.30. The number of terminal acetylenes is 1. The summed E-state index contributed by atoms with van der Waals surface area (Å²) in [5.41, 5.74) is 6.91. The highest BCUT2D eigenvalue weighted by Crippen LogP contribution is 2.23. The minimum Gasteiger partial charge on any atom is -0.325 e. The topological polar surface area (TPSA) is 29.3 Å². The van der Waals surface area contributed by atoms with Crippen molar-refractivity contribution in [3.8, 4) is 12.3 Å². The van der Waals surface area contributed by atoms with Gasteiger partial charge in [0, 0.05) is 19.1 Å². The highest BCUT2D eigenvalue weighted by atomic mass is 15.2. The molecule has 14 heavy (non-hydrogen) atoms. The van der Waals surface area contributed by atoms with Crippen molar-refractivity contribution in [2.24, 2.45) is 5.73 Å². The number of nitrogens with zero attached hydrogens (tertiary/aromatic N) is 1. The van der Waals surface area contributed by atoms with E-state index in [9.17, 15) is 0 Å². The van der Waals surface area contributed by atoms with Crippen LogP contribution in [0.4, 0.5) is 0 Å². The van der Waals surface area contributed by atoms with E-state index in [1.54, 1.807) is 0 Å². The summed E-state index contributed by atoms with van der Waals surface area (Å²) in [6.45, 7) is 1.81. The molecular weight excluding hydrogens is 172 g/mol. The number of hydrogen-bond donors (Lipinski definition) is 1. The first-order valence-electron chi connectivity index (χ1n) is 4.82. The van der Waals surface area contributed by atoms with Crippen LogP contribution in [0.15, 0.2) is 30.3 Å². The molecular formula is C12H14N2. The van der Waals surface area contributed by atoms with Crippen molar-refractivity contribution >= 4 is 0 Å². The molecule has 2 nitrogen and oxygen atoms in total. The van der Waals surface area contributed by atoms with Gasteiger partial charge in [0.1, 0.15) is 0 Å². The summed E-state index contributed by atoms with van der Waals surface area (Å²) in [5.74, 6) is 2.81. The molecule has 1 aromatic carbocycles. The number of likely N-dealkylation sites (tertiary alicyclic amines) is 1. The molecule has 0 aromatic heterocycles. The van der Waals surface area contributed by atoms with Crippen LogP contribution in [-0.4, -0.2) is 24.0 Å². The maximum absolute atomic E-state index is 5.73.